The van der Waals surface area contributed by atoms with E-state index in [1.54, 1.807) is 24.5 Å². The highest BCUT2D eigenvalue weighted by Gasteiger charge is 2.15. The number of carbonyl (C=O) groups is 1. The van der Waals surface area contributed by atoms with Gasteiger partial charge in [-0.05, 0) is 30.4 Å². The van der Waals surface area contributed by atoms with Crippen molar-refractivity contribution in [1.29, 1.82) is 0 Å². The van der Waals surface area contributed by atoms with Gasteiger partial charge in [-0.15, -0.1) is 0 Å². The molecule has 0 saturated carbocycles. The molecule has 5 nitrogen and oxygen atoms in total. The summed E-state index contributed by atoms with van der Waals surface area (Å²) in [5, 5.41) is 0.955. The zero-order chi connectivity index (χ0) is 17.8. The van der Waals surface area contributed by atoms with Crippen molar-refractivity contribution in [3.8, 4) is 17.2 Å². The Hall–Kier alpha value is -3.21. The van der Waals surface area contributed by atoms with Gasteiger partial charge in [0.25, 0.3) is 0 Å². The smallest absolute Gasteiger partial charge is 0.203 e. The minimum absolute atomic E-state index is 0.176. The van der Waals surface area contributed by atoms with Crippen LogP contribution in [0.2, 0.25) is 0 Å². The minimum atomic E-state index is -0.176. The average Bonchev–Trinajstić information content (AvgIpc) is 3.07. The van der Waals surface area contributed by atoms with Crippen LogP contribution in [-0.2, 0) is 0 Å². The standard InChI is InChI=1S/C20H18O5/c1-22-18-10-14(11-19(23-2)20(18)24-3)16(21)9-8-13-12-25-17-7-5-4-6-15(13)17/h4-12H,1-3H3/b9-8+. The van der Waals surface area contributed by atoms with E-state index in [9.17, 15) is 4.79 Å². The Morgan fingerprint density at radius 1 is 1.00 bits per heavy atom. The summed E-state index contributed by atoms with van der Waals surface area (Å²) in [6.07, 6.45) is 4.86. The Balaban J connectivity index is 1.93. The molecule has 0 amide bonds. The molecule has 0 spiro atoms. The SMILES string of the molecule is COc1cc(C(=O)/C=C/c2coc3ccccc23)cc(OC)c1OC. The van der Waals surface area contributed by atoms with Crippen LogP contribution in [-0.4, -0.2) is 27.1 Å². The maximum Gasteiger partial charge on any atom is 0.203 e. The summed E-state index contributed by atoms with van der Waals surface area (Å²) in [6, 6.07) is 10.9. The zero-order valence-corrected chi connectivity index (χ0v) is 14.2. The first-order valence-corrected chi connectivity index (χ1v) is 7.66. The molecular formula is C20H18O5. The highest BCUT2D eigenvalue weighted by atomic mass is 16.5. The molecule has 0 radical (unpaired) electrons. The quantitative estimate of drug-likeness (QED) is 0.494. The van der Waals surface area contributed by atoms with E-state index in [2.05, 4.69) is 0 Å². The number of allylic oxidation sites excluding steroid dienone is 1. The molecule has 0 bridgehead atoms. The molecule has 2 aromatic carbocycles. The van der Waals surface area contributed by atoms with Crippen LogP contribution in [0.5, 0.6) is 17.2 Å². The summed E-state index contributed by atoms with van der Waals surface area (Å²) in [4.78, 5) is 12.5. The predicted molar refractivity (Wildman–Crippen MR) is 95.7 cm³/mol. The number of hydrogen-bond donors (Lipinski definition) is 0. The number of benzene rings is 2. The molecule has 25 heavy (non-hydrogen) atoms. The Morgan fingerprint density at radius 3 is 2.32 bits per heavy atom. The third-order valence-electron chi connectivity index (χ3n) is 3.87. The van der Waals surface area contributed by atoms with E-state index in [-0.39, 0.29) is 5.78 Å². The minimum Gasteiger partial charge on any atom is -0.493 e. The van der Waals surface area contributed by atoms with Gasteiger partial charge in [-0.1, -0.05) is 18.2 Å². The largest absolute Gasteiger partial charge is 0.493 e. The van der Waals surface area contributed by atoms with Gasteiger partial charge in [0.05, 0.1) is 27.6 Å². The van der Waals surface area contributed by atoms with Crippen LogP contribution >= 0.6 is 0 Å². The lowest BCUT2D eigenvalue weighted by atomic mass is 10.1. The van der Waals surface area contributed by atoms with Crippen LogP contribution in [0.3, 0.4) is 0 Å². The Bertz CT molecular complexity index is 911. The summed E-state index contributed by atoms with van der Waals surface area (Å²) < 4.78 is 21.3. The lowest BCUT2D eigenvalue weighted by molar-refractivity contribution is 0.104. The molecule has 5 heteroatoms. The Labute approximate surface area is 145 Å². The number of furan rings is 1. The van der Waals surface area contributed by atoms with E-state index in [1.807, 2.05) is 24.3 Å². The number of ketones is 1. The van der Waals surface area contributed by atoms with Gasteiger partial charge in [0.15, 0.2) is 17.3 Å². The van der Waals surface area contributed by atoms with E-state index in [0.29, 0.717) is 22.8 Å². The lowest BCUT2D eigenvalue weighted by Crippen LogP contribution is -2.00. The maximum atomic E-state index is 12.5. The molecule has 1 heterocycles. The maximum absolute atomic E-state index is 12.5. The van der Waals surface area contributed by atoms with Crippen LogP contribution < -0.4 is 14.2 Å². The van der Waals surface area contributed by atoms with Crippen molar-refractivity contribution < 1.29 is 23.4 Å². The number of fused-ring (bicyclic) bond motifs is 1. The first-order valence-electron chi connectivity index (χ1n) is 7.66. The number of para-hydroxylation sites is 1. The molecule has 0 aliphatic rings. The van der Waals surface area contributed by atoms with Crippen LogP contribution in [0, 0.1) is 0 Å². The van der Waals surface area contributed by atoms with Gasteiger partial charge in [0, 0.05) is 16.5 Å². The van der Waals surface area contributed by atoms with Gasteiger partial charge in [0.2, 0.25) is 5.75 Å². The molecule has 0 fully saturated rings. The zero-order valence-electron chi connectivity index (χ0n) is 14.2. The second kappa shape index (κ2) is 7.13. The Morgan fingerprint density at radius 2 is 1.68 bits per heavy atom. The summed E-state index contributed by atoms with van der Waals surface area (Å²) in [6.45, 7) is 0. The van der Waals surface area contributed by atoms with Crippen molar-refractivity contribution in [2.75, 3.05) is 21.3 Å². The number of rotatable bonds is 6. The van der Waals surface area contributed by atoms with Crippen molar-refractivity contribution in [2.24, 2.45) is 0 Å². The fourth-order valence-corrected chi connectivity index (χ4v) is 2.61. The van der Waals surface area contributed by atoms with Gasteiger partial charge in [-0.2, -0.15) is 0 Å². The first kappa shape index (κ1) is 16.6. The fraction of sp³-hybridized carbons (Fsp3) is 0.150. The average molecular weight is 338 g/mol. The van der Waals surface area contributed by atoms with Crippen molar-refractivity contribution >= 4 is 22.8 Å². The second-order valence-corrected chi connectivity index (χ2v) is 5.30. The molecule has 128 valence electrons. The van der Waals surface area contributed by atoms with Crippen LogP contribution in [0.1, 0.15) is 15.9 Å². The van der Waals surface area contributed by atoms with Crippen molar-refractivity contribution in [1.82, 2.24) is 0 Å². The van der Waals surface area contributed by atoms with E-state index in [1.165, 1.54) is 27.4 Å². The lowest BCUT2D eigenvalue weighted by Gasteiger charge is -2.13. The number of ether oxygens (including phenoxy) is 3. The highest BCUT2D eigenvalue weighted by molar-refractivity contribution is 6.08. The molecule has 0 atom stereocenters. The van der Waals surface area contributed by atoms with Crippen molar-refractivity contribution in [3.63, 3.8) is 0 Å². The van der Waals surface area contributed by atoms with Crippen molar-refractivity contribution in [2.45, 2.75) is 0 Å². The van der Waals surface area contributed by atoms with Gasteiger partial charge in [-0.3, -0.25) is 4.79 Å². The topological polar surface area (TPSA) is 57.9 Å². The van der Waals surface area contributed by atoms with Crippen LogP contribution in [0.25, 0.3) is 17.0 Å². The molecule has 0 saturated heterocycles. The normalized spacial score (nSPS) is 11.0. The molecule has 0 aliphatic heterocycles. The highest BCUT2D eigenvalue weighted by Crippen LogP contribution is 2.38. The monoisotopic (exact) mass is 338 g/mol. The molecule has 1 aromatic heterocycles. The molecule has 0 aliphatic carbocycles. The number of methoxy groups -OCH3 is 3. The summed E-state index contributed by atoms with van der Waals surface area (Å²) in [5.41, 5.74) is 2.07. The predicted octanol–water partition coefficient (Wildman–Crippen LogP) is 4.35. The molecule has 3 aromatic rings. The number of hydrogen-bond acceptors (Lipinski definition) is 5. The van der Waals surface area contributed by atoms with Gasteiger partial charge < -0.3 is 18.6 Å². The van der Waals surface area contributed by atoms with Crippen LogP contribution in [0.15, 0.2) is 53.2 Å². The van der Waals surface area contributed by atoms with Gasteiger partial charge >= 0.3 is 0 Å². The molecular weight excluding hydrogens is 320 g/mol. The molecule has 0 unspecified atom stereocenters. The van der Waals surface area contributed by atoms with Crippen molar-refractivity contribution in [3.05, 3.63) is 59.9 Å². The van der Waals surface area contributed by atoms with Gasteiger partial charge in [0.1, 0.15) is 5.58 Å². The number of carbonyl (C=O) groups excluding carboxylic acids is 1. The fourth-order valence-electron chi connectivity index (χ4n) is 2.61. The third-order valence-corrected chi connectivity index (χ3v) is 3.87. The first-order chi connectivity index (χ1) is 12.2. The van der Waals surface area contributed by atoms with E-state index >= 15 is 0 Å². The third kappa shape index (κ3) is 3.21. The Kier molecular flexibility index (Phi) is 4.75. The van der Waals surface area contributed by atoms with E-state index in [4.69, 9.17) is 18.6 Å². The summed E-state index contributed by atoms with van der Waals surface area (Å²) in [5.74, 6) is 1.15. The van der Waals surface area contributed by atoms with E-state index < -0.39 is 0 Å². The van der Waals surface area contributed by atoms with E-state index in [0.717, 1.165) is 16.5 Å². The summed E-state index contributed by atoms with van der Waals surface area (Å²) >= 11 is 0. The second-order valence-electron chi connectivity index (χ2n) is 5.30. The van der Waals surface area contributed by atoms with Crippen LogP contribution in [0.4, 0.5) is 0 Å². The summed E-state index contributed by atoms with van der Waals surface area (Å²) in [7, 11) is 4.55. The van der Waals surface area contributed by atoms with Gasteiger partial charge in [-0.25, -0.2) is 0 Å². The molecule has 0 N–H and O–H groups in total. The molecule has 3 rings (SSSR count).